The van der Waals surface area contributed by atoms with E-state index in [-0.39, 0.29) is 10.9 Å². The van der Waals surface area contributed by atoms with Crippen LogP contribution in [0, 0.1) is 0 Å². The van der Waals surface area contributed by atoms with E-state index in [2.05, 4.69) is 21.8 Å². The molecule has 0 amide bonds. The Kier molecular flexibility index (Phi) is 2.58. The molecule has 0 bridgehead atoms. The molecule has 4 heteroatoms. The lowest BCUT2D eigenvalue weighted by Crippen LogP contribution is -2.38. The van der Waals surface area contributed by atoms with Gasteiger partial charge in [0.05, 0.1) is 17.4 Å². The molecule has 1 spiro atoms. The highest BCUT2D eigenvalue weighted by atomic mass is 32.2. The number of hydrogen-bond acceptors (Lipinski definition) is 4. The Morgan fingerprint density at radius 1 is 1.38 bits per heavy atom. The van der Waals surface area contributed by atoms with Gasteiger partial charge in [0.25, 0.3) is 0 Å². The molecule has 2 N–H and O–H groups in total. The van der Waals surface area contributed by atoms with Gasteiger partial charge in [0.2, 0.25) is 0 Å². The maximum absolute atomic E-state index is 10.2. The standard InChI is InChI=1S/C12H16N2OS/c15-11-8-14(10-4-2-1-3-5-10)16-12(11)6-7-13-9-12/h1-5,11,13,15H,6-9H2. The summed E-state index contributed by atoms with van der Waals surface area (Å²) in [6.07, 6.45) is 0.829. The third kappa shape index (κ3) is 1.61. The summed E-state index contributed by atoms with van der Waals surface area (Å²) >= 11 is 1.80. The first-order valence-corrected chi connectivity index (χ1v) is 6.48. The van der Waals surface area contributed by atoms with E-state index in [1.807, 2.05) is 18.2 Å². The van der Waals surface area contributed by atoms with E-state index in [1.54, 1.807) is 11.9 Å². The van der Waals surface area contributed by atoms with E-state index >= 15 is 0 Å². The number of benzene rings is 1. The van der Waals surface area contributed by atoms with E-state index < -0.39 is 0 Å². The van der Waals surface area contributed by atoms with Gasteiger partial charge in [-0.2, -0.15) is 0 Å². The highest BCUT2D eigenvalue weighted by molar-refractivity contribution is 8.02. The summed E-state index contributed by atoms with van der Waals surface area (Å²) in [5.74, 6) is 0. The number of aliphatic hydroxyl groups excluding tert-OH is 1. The van der Waals surface area contributed by atoms with Crippen molar-refractivity contribution in [1.82, 2.24) is 5.32 Å². The van der Waals surface area contributed by atoms with Gasteiger partial charge in [-0.25, -0.2) is 0 Å². The van der Waals surface area contributed by atoms with Gasteiger partial charge in [-0.1, -0.05) is 18.2 Å². The molecule has 2 aliphatic rings. The van der Waals surface area contributed by atoms with Crippen molar-refractivity contribution in [2.75, 3.05) is 23.9 Å². The third-order valence-corrected chi connectivity index (χ3v) is 5.00. The molecular formula is C12H16N2OS. The molecule has 0 aliphatic carbocycles. The minimum Gasteiger partial charge on any atom is -0.390 e. The van der Waals surface area contributed by atoms with Gasteiger partial charge in [0.15, 0.2) is 0 Å². The summed E-state index contributed by atoms with van der Waals surface area (Å²) in [6.45, 7) is 2.67. The van der Waals surface area contributed by atoms with Crippen LogP contribution in [0.1, 0.15) is 6.42 Å². The second kappa shape index (κ2) is 3.95. The average molecular weight is 236 g/mol. The smallest absolute Gasteiger partial charge is 0.0902 e. The number of nitrogens with one attached hydrogen (secondary N) is 1. The van der Waals surface area contributed by atoms with Gasteiger partial charge in [-0.3, -0.25) is 0 Å². The van der Waals surface area contributed by atoms with Gasteiger partial charge in [-0.05, 0) is 37.0 Å². The number of para-hydroxylation sites is 1. The highest BCUT2D eigenvalue weighted by Gasteiger charge is 2.49. The van der Waals surface area contributed by atoms with Gasteiger partial charge in [0.1, 0.15) is 0 Å². The van der Waals surface area contributed by atoms with Crippen LogP contribution < -0.4 is 9.62 Å². The molecule has 2 unspecified atom stereocenters. The molecule has 1 aromatic carbocycles. The Morgan fingerprint density at radius 2 is 2.19 bits per heavy atom. The first-order valence-electron chi connectivity index (χ1n) is 5.71. The summed E-state index contributed by atoms with van der Waals surface area (Å²) in [5, 5.41) is 13.6. The lowest BCUT2D eigenvalue weighted by Gasteiger charge is -2.24. The molecule has 0 saturated carbocycles. The van der Waals surface area contributed by atoms with Crippen molar-refractivity contribution >= 4 is 17.6 Å². The quantitative estimate of drug-likeness (QED) is 0.719. The summed E-state index contributed by atoms with van der Waals surface area (Å²) in [5.41, 5.74) is 1.19. The fraction of sp³-hybridized carbons (Fsp3) is 0.500. The van der Waals surface area contributed by atoms with Crippen LogP contribution in [0.4, 0.5) is 5.69 Å². The monoisotopic (exact) mass is 236 g/mol. The lowest BCUT2D eigenvalue weighted by molar-refractivity contribution is 0.153. The molecule has 1 aromatic rings. The van der Waals surface area contributed by atoms with Crippen molar-refractivity contribution < 1.29 is 5.11 Å². The fourth-order valence-corrected chi connectivity index (χ4v) is 3.88. The van der Waals surface area contributed by atoms with E-state index in [9.17, 15) is 5.11 Å². The zero-order valence-corrected chi connectivity index (χ0v) is 9.91. The van der Waals surface area contributed by atoms with Crippen LogP contribution in [0.2, 0.25) is 0 Å². The molecule has 86 valence electrons. The lowest BCUT2D eigenvalue weighted by atomic mass is 10.0. The van der Waals surface area contributed by atoms with Crippen LogP contribution in [0.5, 0.6) is 0 Å². The molecule has 2 saturated heterocycles. The number of rotatable bonds is 1. The molecule has 2 fully saturated rings. The molecule has 3 nitrogen and oxygen atoms in total. The molecule has 16 heavy (non-hydrogen) atoms. The van der Waals surface area contributed by atoms with Crippen LogP contribution in [-0.4, -0.2) is 35.6 Å². The fourth-order valence-electron chi connectivity index (χ4n) is 2.44. The van der Waals surface area contributed by atoms with Crippen LogP contribution >= 0.6 is 11.9 Å². The van der Waals surface area contributed by atoms with Gasteiger partial charge in [-0.15, -0.1) is 0 Å². The predicted octanol–water partition coefficient (Wildman–Crippen LogP) is 1.25. The summed E-state index contributed by atoms with van der Waals surface area (Å²) in [7, 11) is 0. The predicted molar refractivity (Wildman–Crippen MR) is 67.6 cm³/mol. The van der Waals surface area contributed by atoms with E-state index in [0.29, 0.717) is 0 Å². The second-order valence-electron chi connectivity index (χ2n) is 4.50. The summed E-state index contributed by atoms with van der Waals surface area (Å²) < 4.78 is 2.23. The maximum atomic E-state index is 10.2. The molecule has 0 aromatic heterocycles. The van der Waals surface area contributed by atoms with E-state index in [4.69, 9.17) is 0 Å². The first kappa shape index (κ1) is 10.4. The Hall–Kier alpha value is -0.710. The maximum Gasteiger partial charge on any atom is 0.0902 e. The molecule has 2 heterocycles. The molecule has 0 radical (unpaired) electrons. The zero-order chi connectivity index (χ0) is 11.0. The number of hydrogen-bond donors (Lipinski definition) is 2. The topological polar surface area (TPSA) is 35.5 Å². The number of anilines is 1. The van der Waals surface area contributed by atoms with Crippen LogP contribution in [0.25, 0.3) is 0 Å². The molecule has 2 aliphatic heterocycles. The largest absolute Gasteiger partial charge is 0.390 e. The number of β-amino-alcohol motifs (C(OH)–C–C–N with tert-alkyl or cyclic N) is 1. The van der Waals surface area contributed by atoms with E-state index in [0.717, 1.165) is 26.1 Å². The van der Waals surface area contributed by atoms with Crippen molar-refractivity contribution in [3.05, 3.63) is 30.3 Å². The van der Waals surface area contributed by atoms with Crippen molar-refractivity contribution in [1.29, 1.82) is 0 Å². The van der Waals surface area contributed by atoms with E-state index in [1.165, 1.54) is 5.69 Å². The average Bonchev–Trinajstić information content (AvgIpc) is 2.91. The highest BCUT2D eigenvalue weighted by Crippen LogP contribution is 2.45. The molecule has 2 atom stereocenters. The minimum absolute atomic E-state index is 0.00976. The molecular weight excluding hydrogens is 220 g/mol. The van der Waals surface area contributed by atoms with Crippen molar-refractivity contribution in [3.8, 4) is 0 Å². The van der Waals surface area contributed by atoms with Gasteiger partial charge >= 0.3 is 0 Å². The summed E-state index contributed by atoms with van der Waals surface area (Å²) in [6, 6.07) is 10.3. The minimum atomic E-state index is -0.229. The second-order valence-corrected chi connectivity index (χ2v) is 5.93. The molecule has 3 rings (SSSR count). The Morgan fingerprint density at radius 3 is 2.88 bits per heavy atom. The SMILES string of the molecule is OC1CN(c2ccccc2)SC12CCNC2. The van der Waals surface area contributed by atoms with Crippen molar-refractivity contribution in [2.24, 2.45) is 0 Å². The van der Waals surface area contributed by atoms with Crippen LogP contribution in [0.15, 0.2) is 30.3 Å². The first-order chi connectivity index (χ1) is 7.80. The zero-order valence-electron chi connectivity index (χ0n) is 9.10. The Bertz CT molecular complexity index is 365. The third-order valence-electron chi connectivity index (χ3n) is 3.43. The number of aliphatic hydroxyl groups is 1. The van der Waals surface area contributed by atoms with Gasteiger partial charge < -0.3 is 14.7 Å². The summed E-state index contributed by atoms with van der Waals surface area (Å²) in [4.78, 5) is 0. The van der Waals surface area contributed by atoms with Crippen LogP contribution in [-0.2, 0) is 0 Å². The Labute approximate surface area is 100.0 Å². The normalized spacial score (nSPS) is 33.8. The van der Waals surface area contributed by atoms with Crippen molar-refractivity contribution in [3.63, 3.8) is 0 Å². The van der Waals surface area contributed by atoms with Crippen LogP contribution in [0.3, 0.4) is 0 Å². The van der Waals surface area contributed by atoms with Gasteiger partial charge in [0, 0.05) is 12.2 Å². The Balaban J connectivity index is 1.82. The number of nitrogens with zero attached hydrogens (tertiary/aromatic N) is 1. The van der Waals surface area contributed by atoms with Crippen molar-refractivity contribution in [2.45, 2.75) is 17.3 Å².